The summed E-state index contributed by atoms with van der Waals surface area (Å²) in [5.74, 6) is 1.23. The van der Waals surface area contributed by atoms with Gasteiger partial charge in [-0.05, 0) is 25.7 Å². The van der Waals surface area contributed by atoms with Crippen LogP contribution in [0.4, 0.5) is 0 Å². The minimum Gasteiger partial charge on any atom is -0.362 e. The Hall–Kier alpha value is -0.180. The Kier molecular flexibility index (Phi) is 7.74. The van der Waals surface area contributed by atoms with E-state index in [1.165, 1.54) is 55.9 Å². The number of nitrogens with zero attached hydrogens (tertiary/aromatic N) is 1. The minimum atomic E-state index is 0.562. The third-order valence-corrected chi connectivity index (χ3v) is 4.27. The highest BCUT2D eigenvalue weighted by molar-refractivity contribution is 8.13. The van der Waals surface area contributed by atoms with Crippen LogP contribution in [0.1, 0.15) is 65.7 Å². The van der Waals surface area contributed by atoms with E-state index in [0.29, 0.717) is 12.1 Å². The molecule has 0 radical (unpaired) electrons. The molecule has 1 aliphatic heterocycles. The summed E-state index contributed by atoms with van der Waals surface area (Å²) in [6.45, 7) is 6.77. The van der Waals surface area contributed by atoms with E-state index in [2.05, 4.69) is 26.1 Å². The van der Waals surface area contributed by atoms with E-state index < -0.39 is 0 Å². The summed E-state index contributed by atoms with van der Waals surface area (Å²) < 4.78 is 0. The molecule has 17 heavy (non-hydrogen) atoms. The topological polar surface area (TPSA) is 24.4 Å². The van der Waals surface area contributed by atoms with Crippen LogP contribution in [0.25, 0.3) is 0 Å². The van der Waals surface area contributed by atoms with Crippen molar-refractivity contribution in [2.45, 2.75) is 77.8 Å². The van der Waals surface area contributed by atoms with Gasteiger partial charge in [-0.2, -0.15) is 0 Å². The fourth-order valence-corrected chi connectivity index (χ4v) is 3.25. The lowest BCUT2D eigenvalue weighted by Gasteiger charge is -2.24. The largest absolute Gasteiger partial charge is 0.362 e. The van der Waals surface area contributed by atoms with Crippen molar-refractivity contribution in [3.63, 3.8) is 0 Å². The van der Waals surface area contributed by atoms with Gasteiger partial charge in [0, 0.05) is 11.8 Å². The van der Waals surface area contributed by atoms with Gasteiger partial charge in [-0.3, -0.25) is 4.99 Å². The zero-order chi connectivity index (χ0) is 12.5. The smallest absolute Gasteiger partial charge is 0.157 e. The van der Waals surface area contributed by atoms with Gasteiger partial charge in [-0.15, -0.1) is 0 Å². The van der Waals surface area contributed by atoms with Crippen LogP contribution < -0.4 is 5.32 Å². The average molecular weight is 256 g/mol. The Balaban J connectivity index is 2.44. The monoisotopic (exact) mass is 256 g/mol. The van der Waals surface area contributed by atoms with Crippen molar-refractivity contribution in [1.82, 2.24) is 5.32 Å². The van der Waals surface area contributed by atoms with Crippen molar-refractivity contribution >= 4 is 16.9 Å². The molecule has 0 amide bonds. The summed E-state index contributed by atoms with van der Waals surface area (Å²) in [5.41, 5.74) is 0. The first-order valence-electron chi connectivity index (χ1n) is 7.27. The van der Waals surface area contributed by atoms with Crippen molar-refractivity contribution in [2.24, 2.45) is 4.99 Å². The normalized spacial score (nSPS) is 22.1. The maximum atomic E-state index is 4.80. The molecule has 1 heterocycles. The number of thioether (sulfide) groups is 1. The molecular weight excluding hydrogens is 228 g/mol. The molecule has 0 aromatic heterocycles. The zero-order valence-corrected chi connectivity index (χ0v) is 12.5. The van der Waals surface area contributed by atoms with Gasteiger partial charge in [0.1, 0.15) is 0 Å². The highest BCUT2D eigenvalue weighted by Crippen LogP contribution is 2.19. The summed E-state index contributed by atoms with van der Waals surface area (Å²) in [5, 5.41) is 4.88. The molecule has 100 valence electrons. The van der Waals surface area contributed by atoms with Crippen LogP contribution in [0.15, 0.2) is 4.99 Å². The first-order valence-corrected chi connectivity index (χ1v) is 8.25. The maximum Gasteiger partial charge on any atom is 0.157 e. The predicted octanol–water partition coefficient (Wildman–Crippen LogP) is 4.21. The summed E-state index contributed by atoms with van der Waals surface area (Å²) in [4.78, 5) is 4.80. The SMILES string of the molecule is CCCCC(CCC)NC1=NC(CC)CCS1. The highest BCUT2D eigenvalue weighted by atomic mass is 32.2. The summed E-state index contributed by atoms with van der Waals surface area (Å²) in [6.07, 6.45) is 8.87. The molecule has 1 rings (SSSR count). The first-order chi connectivity index (χ1) is 8.30. The molecule has 2 nitrogen and oxygen atoms in total. The molecule has 2 unspecified atom stereocenters. The lowest BCUT2D eigenvalue weighted by atomic mass is 10.1. The van der Waals surface area contributed by atoms with E-state index in [-0.39, 0.29) is 0 Å². The van der Waals surface area contributed by atoms with Crippen molar-refractivity contribution < 1.29 is 0 Å². The Morgan fingerprint density at radius 2 is 2.12 bits per heavy atom. The van der Waals surface area contributed by atoms with Gasteiger partial charge in [0.05, 0.1) is 6.04 Å². The molecule has 1 aliphatic rings. The molecular formula is C14H28N2S. The zero-order valence-electron chi connectivity index (χ0n) is 11.7. The molecule has 0 saturated heterocycles. The Morgan fingerprint density at radius 3 is 2.76 bits per heavy atom. The molecule has 0 spiro atoms. The molecule has 3 heteroatoms. The van der Waals surface area contributed by atoms with Crippen LogP contribution in [0.5, 0.6) is 0 Å². The van der Waals surface area contributed by atoms with Gasteiger partial charge >= 0.3 is 0 Å². The quantitative estimate of drug-likeness (QED) is 0.738. The van der Waals surface area contributed by atoms with Gasteiger partial charge < -0.3 is 5.32 Å². The van der Waals surface area contributed by atoms with Gasteiger partial charge in [0.2, 0.25) is 0 Å². The van der Waals surface area contributed by atoms with Crippen molar-refractivity contribution in [1.29, 1.82) is 0 Å². The Morgan fingerprint density at radius 1 is 1.29 bits per heavy atom. The molecule has 0 bridgehead atoms. The van der Waals surface area contributed by atoms with Crippen LogP contribution in [0.2, 0.25) is 0 Å². The van der Waals surface area contributed by atoms with E-state index >= 15 is 0 Å². The van der Waals surface area contributed by atoms with E-state index in [1.54, 1.807) is 0 Å². The maximum absolute atomic E-state index is 4.80. The standard InChI is InChI=1S/C14H28N2S/c1-4-7-9-13(8-5-2)16-14-15-12(6-3)10-11-17-14/h12-13H,4-11H2,1-3H3,(H,15,16). The molecule has 2 atom stereocenters. The van der Waals surface area contributed by atoms with Crippen LogP contribution in [0, 0.1) is 0 Å². The van der Waals surface area contributed by atoms with E-state index in [4.69, 9.17) is 4.99 Å². The number of aliphatic imine (C=N–C) groups is 1. The van der Waals surface area contributed by atoms with Gasteiger partial charge in [0.15, 0.2) is 5.17 Å². The van der Waals surface area contributed by atoms with Gasteiger partial charge in [0.25, 0.3) is 0 Å². The second kappa shape index (κ2) is 8.84. The van der Waals surface area contributed by atoms with Crippen molar-refractivity contribution in [2.75, 3.05) is 5.75 Å². The Bertz CT molecular complexity index is 228. The second-order valence-electron chi connectivity index (χ2n) is 4.91. The van der Waals surface area contributed by atoms with Crippen molar-refractivity contribution in [3.05, 3.63) is 0 Å². The highest BCUT2D eigenvalue weighted by Gasteiger charge is 2.16. The van der Waals surface area contributed by atoms with Crippen molar-refractivity contribution in [3.8, 4) is 0 Å². The van der Waals surface area contributed by atoms with Crippen LogP contribution in [-0.2, 0) is 0 Å². The average Bonchev–Trinajstić information content (AvgIpc) is 2.36. The van der Waals surface area contributed by atoms with Gasteiger partial charge in [-0.1, -0.05) is 51.8 Å². The summed E-state index contributed by atoms with van der Waals surface area (Å²) in [7, 11) is 0. The first kappa shape index (κ1) is 14.9. The number of unbranched alkanes of at least 4 members (excludes halogenated alkanes) is 1. The summed E-state index contributed by atoms with van der Waals surface area (Å²) >= 11 is 1.91. The van der Waals surface area contributed by atoms with Gasteiger partial charge in [-0.25, -0.2) is 0 Å². The molecule has 0 aromatic rings. The molecule has 0 aliphatic carbocycles. The molecule has 0 saturated carbocycles. The van der Waals surface area contributed by atoms with Crippen LogP contribution >= 0.6 is 11.8 Å². The molecule has 0 fully saturated rings. The van der Waals surface area contributed by atoms with E-state index in [0.717, 1.165) is 0 Å². The predicted molar refractivity (Wildman–Crippen MR) is 79.9 cm³/mol. The lowest BCUT2D eigenvalue weighted by Crippen LogP contribution is -2.35. The molecule has 1 N–H and O–H groups in total. The third kappa shape index (κ3) is 5.80. The van der Waals surface area contributed by atoms with E-state index in [9.17, 15) is 0 Å². The number of rotatable bonds is 7. The number of hydrogen-bond donors (Lipinski definition) is 1. The third-order valence-electron chi connectivity index (χ3n) is 3.33. The fourth-order valence-electron chi connectivity index (χ4n) is 2.20. The number of nitrogens with one attached hydrogen (secondary N) is 1. The number of hydrogen-bond acceptors (Lipinski definition) is 3. The lowest BCUT2D eigenvalue weighted by molar-refractivity contribution is 0.494. The summed E-state index contributed by atoms with van der Waals surface area (Å²) in [6, 6.07) is 1.20. The molecule has 0 aromatic carbocycles. The fraction of sp³-hybridized carbons (Fsp3) is 0.929. The number of amidine groups is 1. The second-order valence-corrected chi connectivity index (χ2v) is 5.99. The van der Waals surface area contributed by atoms with E-state index in [1.807, 2.05) is 11.8 Å². The van der Waals surface area contributed by atoms with Crippen LogP contribution in [-0.4, -0.2) is 23.0 Å². The Labute approximate surface area is 111 Å². The van der Waals surface area contributed by atoms with Crippen LogP contribution in [0.3, 0.4) is 0 Å². The minimum absolute atomic E-state index is 0.562.